The average Bonchev–Trinajstić information content (AvgIpc) is 3.41. The maximum atomic E-state index is 13.2. The van der Waals surface area contributed by atoms with E-state index in [9.17, 15) is 4.79 Å². The number of carbonyl (C=O) groups excluding carboxylic acids is 1. The molecule has 0 aliphatic heterocycles. The summed E-state index contributed by atoms with van der Waals surface area (Å²) in [6.45, 7) is 2.77. The highest BCUT2D eigenvalue weighted by Crippen LogP contribution is 2.27. The Morgan fingerprint density at radius 3 is 2.65 bits per heavy atom. The summed E-state index contributed by atoms with van der Waals surface area (Å²) in [6.07, 6.45) is 1.71. The number of aromatic nitrogens is 2. The maximum Gasteiger partial charge on any atom is 0.259 e. The number of ether oxygens (including phenoxy) is 2. The number of methoxy groups -OCH3 is 1. The fourth-order valence-corrected chi connectivity index (χ4v) is 3.10. The lowest BCUT2D eigenvalue weighted by Gasteiger charge is -2.09. The summed E-state index contributed by atoms with van der Waals surface area (Å²) < 4.78 is 18.0. The second-order valence-corrected chi connectivity index (χ2v) is 6.91. The first-order valence-electron chi connectivity index (χ1n) is 9.89. The molecule has 2 aromatic carbocycles. The predicted molar refractivity (Wildman–Crippen MR) is 118 cm³/mol. The Morgan fingerprint density at radius 1 is 1.06 bits per heavy atom. The van der Waals surface area contributed by atoms with E-state index >= 15 is 0 Å². The van der Waals surface area contributed by atoms with E-state index in [0.29, 0.717) is 41.7 Å². The summed E-state index contributed by atoms with van der Waals surface area (Å²) in [5, 5.41) is 7.54. The molecule has 0 radical (unpaired) electrons. The smallest absolute Gasteiger partial charge is 0.259 e. The van der Waals surface area contributed by atoms with Crippen LogP contribution in [-0.4, -0.2) is 36.0 Å². The lowest BCUT2D eigenvalue weighted by molar-refractivity contribution is 0.102. The van der Waals surface area contributed by atoms with Crippen molar-refractivity contribution in [2.45, 2.75) is 6.92 Å². The number of aryl methyl sites for hydroxylation is 1. The van der Waals surface area contributed by atoms with Gasteiger partial charge in [0.05, 0.1) is 17.9 Å². The van der Waals surface area contributed by atoms with Crippen LogP contribution in [0.3, 0.4) is 0 Å². The highest BCUT2D eigenvalue weighted by atomic mass is 16.5. The minimum absolute atomic E-state index is 0.291. The van der Waals surface area contributed by atoms with Crippen molar-refractivity contribution in [2.24, 2.45) is 0 Å². The lowest BCUT2D eigenvalue weighted by atomic mass is 10.2. The Labute approximate surface area is 180 Å². The molecule has 2 aromatic heterocycles. The third-order valence-electron chi connectivity index (χ3n) is 4.60. The standard InChI is InChI=1S/C24H23N3O4/c1-17-11-12-22(31-17)23-21(16-27(26-23)19-8-4-3-5-9-19)24(28)25-18-7-6-10-20(15-18)30-14-13-29-2/h3-12,15-16H,13-14H2,1-2H3,(H,25,28). The molecule has 0 bridgehead atoms. The molecule has 0 aliphatic rings. The zero-order valence-corrected chi connectivity index (χ0v) is 17.4. The van der Waals surface area contributed by atoms with Gasteiger partial charge in [0.15, 0.2) is 5.76 Å². The van der Waals surface area contributed by atoms with Crippen molar-refractivity contribution in [1.82, 2.24) is 9.78 Å². The van der Waals surface area contributed by atoms with Crippen LogP contribution in [0.25, 0.3) is 17.1 Å². The number of rotatable bonds is 8. The van der Waals surface area contributed by atoms with Gasteiger partial charge in [0, 0.05) is 25.1 Å². The van der Waals surface area contributed by atoms with Gasteiger partial charge in [0.1, 0.15) is 23.8 Å². The van der Waals surface area contributed by atoms with Crippen LogP contribution >= 0.6 is 0 Å². The van der Waals surface area contributed by atoms with Crippen molar-refractivity contribution < 1.29 is 18.7 Å². The molecule has 7 nitrogen and oxygen atoms in total. The molecule has 4 rings (SSSR count). The number of para-hydroxylation sites is 1. The van der Waals surface area contributed by atoms with E-state index in [1.165, 1.54) is 0 Å². The van der Waals surface area contributed by atoms with Crippen molar-refractivity contribution in [1.29, 1.82) is 0 Å². The number of hydrogen-bond donors (Lipinski definition) is 1. The summed E-state index contributed by atoms with van der Waals surface area (Å²) in [5.74, 6) is 1.64. The summed E-state index contributed by atoms with van der Waals surface area (Å²) in [6, 6.07) is 20.5. The van der Waals surface area contributed by atoms with Gasteiger partial charge in [0.25, 0.3) is 5.91 Å². The van der Waals surface area contributed by atoms with Crippen LogP contribution in [0, 0.1) is 6.92 Å². The van der Waals surface area contributed by atoms with Crippen LogP contribution in [0.1, 0.15) is 16.1 Å². The number of nitrogens with one attached hydrogen (secondary N) is 1. The van der Waals surface area contributed by atoms with Crippen molar-refractivity contribution >= 4 is 11.6 Å². The highest BCUT2D eigenvalue weighted by molar-refractivity contribution is 6.07. The predicted octanol–water partition coefficient (Wildman–Crippen LogP) is 4.72. The Morgan fingerprint density at radius 2 is 1.90 bits per heavy atom. The SMILES string of the molecule is COCCOc1cccc(NC(=O)c2cn(-c3ccccc3)nc2-c2ccc(C)o2)c1. The summed E-state index contributed by atoms with van der Waals surface area (Å²) >= 11 is 0. The molecule has 158 valence electrons. The zero-order chi connectivity index (χ0) is 21.6. The van der Waals surface area contributed by atoms with Crippen molar-refractivity contribution in [3.8, 4) is 22.9 Å². The molecule has 31 heavy (non-hydrogen) atoms. The molecular weight excluding hydrogens is 394 g/mol. The topological polar surface area (TPSA) is 78.5 Å². The van der Waals surface area contributed by atoms with E-state index in [4.69, 9.17) is 13.9 Å². The van der Waals surface area contributed by atoms with E-state index in [2.05, 4.69) is 10.4 Å². The van der Waals surface area contributed by atoms with Crippen molar-refractivity contribution in [2.75, 3.05) is 25.6 Å². The van der Waals surface area contributed by atoms with E-state index < -0.39 is 0 Å². The molecule has 0 saturated carbocycles. The number of carbonyl (C=O) groups is 1. The first-order valence-corrected chi connectivity index (χ1v) is 9.89. The van der Waals surface area contributed by atoms with Crippen LogP contribution in [0.4, 0.5) is 5.69 Å². The Kier molecular flexibility index (Phi) is 6.14. The third kappa shape index (κ3) is 4.84. The molecule has 1 amide bonds. The number of anilines is 1. The average molecular weight is 417 g/mol. The first-order chi connectivity index (χ1) is 15.1. The molecule has 4 aromatic rings. The fourth-order valence-electron chi connectivity index (χ4n) is 3.10. The summed E-state index contributed by atoms with van der Waals surface area (Å²) in [7, 11) is 1.62. The van der Waals surface area contributed by atoms with Crippen molar-refractivity contribution in [3.63, 3.8) is 0 Å². The zero-order valence-electron chi connectivity index (χ0n) is 17.4. The summed E-state index contributed by atoms with van der Waals surface area (Å²) in [4.78, 5) is 13.2. The van der Waals surface area contributed by atoms with E-state index in [1.54, 1.807) is 30.1 Å². The van der Waals surface area contributed by atoms with Gasteiger partial charge in [-0.05, 0) is 43.3 Å². The second-order valence-electron chi connectivity index (χ2n) is 6.91. The van der Waals surface area contributed by atoms with Gasteiger partial charge < -0.3 is 19.2 Å². The molecule has 1 N–H and O–H groups in total. The van der Waals surface area contributed by atoms with Crippen LogP contribution in [0.5, 0.6) is 5.75 Å². The Bertz CT molecular complexity index is 1160. The van der Waals surface area contributed by atoms with E-state index in [0.717, 1.165) is 11.4 Å². The number of hydrogen-bond acceptors (Lipinski definition) is 5. The molecule has 2 heterocycles. The van der Waals surface area contributed by atoms with Gasteiger partial charge in [-0.3, -0.25) is 4.79 Å². The van der Waals surface area contributed by atoms with E-state index in [-0.39, 0.29) is 5.91 Å². The molecule has 0 saturated heterocycles. The van der Waals surface area contributed by atoms with Crippen LogP contribution in [-0.2, 0) is 4.74 Å². The number of nitrogens with zero attached hydrogens (tertiary/aromatic N) is 2. The quantitative estimate of drug-likeness (QED) is 0.420. The van der Waals surface area contributed by atoms with Crippen molar-refractivity contribution in [3.05, 3.63) is 84.3 Å². The van der Waals surface area contributed by atoms with Gasteiger partial charge in [0.2, 0.25) is 0 Å². The number of amides is 1. The third-order valence-corrected chi connectivity index (χ3v) is 4.60. The number of furan rings is 1. The van der Waals surface area contributed by atoms with Crippen LogP contribution < -0.4 is 10.1 Å². The molecule has 0 atom stereocenters. The minimum atomic E-state index is -0.291. The normalized spacial score (nSPS) is 10.8. The fraction of sp³-hybridized carbons (Fsp3) is 0.167. The minimum Gasteiger partial charge on any atom is -0.491 e. The number of benzene rings is 2. The molecule has 0 unspecified atom stereocenters. The molecule has 0 spiro atoms. The summed E-state index contributed by atoms with van der Waals surface area (Å²) in [5.41, 5.74) is 2.35. The largest absolute Gasteiger partial charge is 0.491 e. The van der Waals surface area contributed by atoms with Gasteiger partial charge in [-0.25, -0.2) is 4.68 Å². The molecule has 0 aliphatic carbocycles. The monoisotopic (exact) mass is 417 g/mol. The van der Waals surface area contributed by atoms with Gasteiger partial charge in [-0.2, -0.15) is 5.10 Å². The van der Waals surface area contributed by atoms with Gasteiger partial charge >= 0.3 is 0 Å². The Hall–Kier alpha value is -3.84. The highest BCUT2D eigenvalue weighted by Gasteiger charge is 2.21. The van der Waals surface area contributed by atoms with Gasteiger partial charge in [-0.1, -0.05) is 24.3 Å². The molecule has 7 heteroatoms. The Balaban J connectivity index is 1.63. The second kappa shape index (κ2) is 9.32. The molecule has 0 fully saturated rings. The van der Waals surface area contributed by atoms with Crippen LogP contribution in [0.2, 0.25) is 0 Å². The first kappa shape index (κ1) is 20.4. The van der Waals surface area contributed by atoms with E-state index in [1.807, 2.05) is 61.5 Å². The van der Waals surface area contributed by atoms with Crippen LogP contribution in [0.15, 0.2) is 77.3 Å². The van der Waals surface area contributed by atoms with Gasteiger partial charge in [-0.15, -0.1) is 0 Å². The lowest BCUT2D eigenvalue weighted by Crippen LogP contribution is -2.12. The maximum absolute atomic E-state index is 13.2. The molecular formula is C24H23N3O4.